The SMILES string of the molecule is CN(C)C(=O)/C(N)=C(/S)OC=O. The Hall–Kier alpha value is -1.17. The minimum atomic E-state index is -0.457. The van der Waals surface area contributed by atoms with Crippen LogP contribution in [0, 0.1) is 0 Å². The normalized spacial score (nSPS) is 11.6. The molecule has 0 fully saturated rings. The zero-order chi connectivity index (χ0) is 9.72. The fourth-order valence-electron chi connectivity index (χ4n) is 0.441. The lowest BCUT2D eigenvalue weighted by Gasteiger charge is -2.10. The zero-order valence-electron chi connectivity index (χ0n) is 6.77. The van der Waals surface area contributed by atoms with Crippen molar-refractivity contribution < 1.29 is 14.3 Å². The molecule has 12 heavy (non-hydrogen) atoms. The first-order chi connectivity index (χ1) is 5.50. The van der Waals surface area contributed by atoms with Gasteiger partial charge in [-0.15, -0.1) is 12.6 Å². The fourth-order valence-corrected chi connectivity index (χ4v) is 0.580. The number of amides is 1. The number of ether oxygens (including phenoxy) is 1. The van der Waals surface area contributed by atoms with Crippen LogP contribution in [0.2, 0.25) is 0 Å². The predicted molar refractivity (Wildman–Crippen MR) is 46.0 cm³/mol. The highest BCUT2D eigenvalue weighted by atomic mass is 32.1. The molecule has 0 spiro atoms. The summed E-state index contributed by atoms with van der Waals surface area (Å²) in [5, 5.41) is -0.191. The van der Waals surface area contributed by atoms with Crippen molar-refractivity contribution in [3.8, 4) is 0 Å². The van der Waals surface area contributed by atoms with E-state index in [2.05, 4.69) is 17.4 Å². The minimum absolute atomic E-state index is 0.151. The maximum absolute atomic E-state index is 11.1. The Labute approximate surface area is 75.6 Å². The van der Waals surface area contributed by atoms with Crippen LogP contribution < -0.4 is 5.73 Å². The number of likely N-dealkylation sites (N-methyl/N-ethyl adjacent to an activating group) is 1. The molecule has 0 heterocycles. The van der Waals surface area contributed by atoms with Crippen LogP contribution in [0.15, 0.2) is 10.8 Å². The molecule has 0 aliphatic heterocycles. The summed E-state index contributed by atoms with van der Waals surface area (Å²) in [5.74, 6) is -0.457. The average Bonchev–Trinajstić information content (AvgIpc) is 2.02. The van der Waals surface area contributed by atoms with Crippen LogP contribution in [0.25, 0.3) is 0 Å². The van der Waals surface area contributed by atoms with Crippen molar-refractivity contribution >= 4 is 25.0 Å². The Morgan fingerprint density at radius 1 is 1.58 bits per heavy atom. The highest BCUT2D eigenvalue weighted by Gasteiger charge is 2.12. The summed E-state index contributed by atoms with van der Waals surface area (Å²) in [7, 11) is 3.05. The van der Waals surface area contributed by atoms with Crippen LogP contribution >= 0.6 is 12.6 Å². The third-order valence-corrected chi connectivity index (χ3v) is 1.37. The second-order valence-electron chi connectivity index (χ2n) is 2.13. The molecule has 0 unspecified atom stereocenters. The fraction of sp³-hybridized carbons (Fsp3) is 0.333. The van der Waals surface area contributed by atoms with Gasteiger partial charge in [0, 0.05) is 14.1 Å². The molecule has 0 aliphatic carbocycles. The number of carbonyl (C=O) groups is 2. The Kier molecular flexibility index (Phi) is 4.20. The molecule has 1 amide bonds. The summed E-state index contributed by atoms with van der Waals surface area (Å²) in [6.07, 6.45) is 0. The number of rotatable bonds is 3. The monoisotopic (exact) mass is 190 g/mol. The summed E-state index contributed by atoms with van der Waals surface area (Å²) < 4.78 is 4.27. The van der Waals surface area contributed by atoms with E-state index in [0.29, 0.717) is 0 Å². The van der Waals surface area contributed by atoms with Gasteiger partial charge in [0.1, 0.15) is 5.70 Å². The standard InChI is InChI=1S/C6H10N2O3S/c1-8(2)5(10)4(7)6(12)11-3-9/h3,12H,7H2,1-2H3/b6-4-. The largest absolute Gasteiger partial charge is 0.419 e. The van der Waals surface area contributed by atoms with Crippen molar-refractivity contribution in [2.75, 3.05) is 14.1 Å². The van der Waals surface area contributed by atoms with Crippen LogP contribution in [0.3, 0.4) is 0 Å². The molecular weight excluding hydrogens is 180 g/mol. The van der Waals surface area contributed by atoms with Crippen molar-refractivity contribution in [2.24, 2.45) is 5.73 Å². The molecule has 0 atom stereocenters. The first kappa shape index (κ1) is 10.8. The Balaban J connectivity index is 4.53. The molecule has 2 N–H and O–H groups in total. The summed E-state index contributed by atoms with van der Waals surface area (Å²) in [5.41, 5.74) is 5.08. The van der Waals surface area contributed by atoms with Crippen molar-refractivity contribution in [2.45, 2.75) is 0 Å². The number of nitrogens with zero attached hydrogens (tertiary/aromatic N) is 1. The number of carbonyl (C=O) groups excluding carboxylic acids is 2. The average molecular weight is 190 g/mol. The van der Waals surface area contributed by atoms with Gasteiger partial charge >= 0.3 is 0 Å². The van der Waals surface area contributed by atoms with Crippen molar-refractivity contribution in [1.82, 2.24) is 4.90 Å². The topological polar surface area (TPSA) is 72.6 Å². The second kappa shape index (κ2) is 4.66. The van der Waals surface area contributed by atoms with Crippen LogP contribution in [-0.4, -0.2) is 31.4 Å². The van der Waals surface area contributed by atoms with Crippen LogP contribution in [0.1, 0.15) is 0 Å². The molecule has 0 aromatic rings. The molecule has 0 rings (SSSR count). The van der Waals surface area contributed by atoms with Gasteiger partial charge in [-0.05, 0) is 0 Å². The summed E-state index contributed by atoms with van der Waals surface area (Å²) in [6.45, 7) is 0.151. The maximum Gasteiger partial charge on any atom is 0.299 e. The van der Waals surface area contributed by atoms with E-state index in [1.54, 1.807) is 0 Å². The lowest BCUT2D eigenvalue weighted by molar-refractivity contribution is -0.125. The Morgan fingerprint density at radius 3 is 2.42 bits per heavy atom. The molecule has 68 valence electrons. The van der Waals surface area contributed by atoms with E-state index in [1.807, 2.05) is 0 Å². The van der Waals surface area contributed by atoms with Gasteiger partial charge in [-0.3, -0.25) is 9.59 Å². The Bertz CT molecular complexity index is 225. The quantitative estimate of drug-likeness (QED) is 0.267. The summed E-state index contributed by atoms with van der Waals surface area (Å²) in [4.78, 5) is 22.1. The second-order valence-corrected chi connectivity index (χ2v) is 2.54. The van der Waals surface area contributed by atoms with E-state index in [4.69, 9.17) is 5.73 Å². The van der Waals surface area contributed by atoms with Crippen LogP contribution in [0.5, 0.6) is 0 Å². The van der Waals surface area contributed by atoms with Crippen LogP contribution in [0.4, 0.5) is 0 Å². The number of hydrogen-bond acceptors (Lipinski definition) is 5. The van der Waals surface area contributed by atoms with Gasteiger partial charge in [0.25, 0.3) is 12.4 Å². The van der Waals surface area contributed by atoms with E-state index in [0.717, 1.165) is 0 Å². The minimum Gasteiger partial charge on any atom is -0.419 e. The molecule has 0 saturated carbocycles. The molecule has 0 aliphatic rings. The molecule has 0 saturated heterocycles. The number of thiol groups is 1. The summed E-state index contributed by atoms with van der Waals surface area (Å²) >= 11 is 3.69. The van der Waals surface area contributed by atoms with E-state index in [1.165, 1.54) is 19.0 Å². The van der Waals surface area contributed by atoms with Gasteiger partial charge in [-0.2, -0.15) is 0 Å². The number of nitrogens with two attached hydrogens (primary N) is 1. The molecule has 6 heteroatoms. The highest BCUT2D eigenvalue weighted by molar-refractivity contribution is 7.84. The molecule has 0 aromatic heterocycles. The highest BCUT2D eigenvalue weighted by Crippen LogP contribution is 2.06. The van der Waals surface area contributed by atoms with Gasteiger partial charge in [0.05, 0.1) is 0 Å². The molecular formula is C6H10N2O3S. The van der Waals surface area contributed by atoms with E-state index >= 15 is 0 Å². The van der Waals surface area contributed by atoms with Crippen molar-refractivity contribution in [3.05, 3.63) is 10.8 Å². The maximum atomic E-state index is 11.1. The smallest absolute Gasteiger partial charge is 0.299 e. The van der Waals surface area contributed by atoms with Crippen molar-refractivity contribution in [1.29, 1.82) is 0 Å². The van der Waals surface area contributed by atoms with Crippen LogP contribution in [-0.2, 0) is 14.3 Å². The zero-order valence-corrected chi connectivity index (χ0v) is 7.67. The van der Waals surface area contributed by atoms with Gasteiger partial charge in [0.2, 0.25) is 0 Å². The summed E-state index contributed by atoms with van der Waals surface area (Å²) in [6, 6.07) is 0. The molecule has 0 radical (unpaired) electrons. The molecule has 0 aromatic carbocycles. The molecule has 5 nitrogen and oxygen atoms in total. The number of hydrogen-bond donors (Lipinski definition) is 2. The van der Waals surface area contributed by atoms with Crippen molar-refractivity contribution in [3.63, 3.8) is 0 Å². The van der Waals surface area contributed by atoms with Gasteiger partial charge in [-0.25, -0.2) is 0 Å². The van der Waals surface area contributed by atoms with Gasteiger partial charge < -0.3 is 15.4 Å². The lowest BCUT2D eigenvalue weighted by atomic mass is 10.4. The van der Waals surface area contributed by atoms with E-state index in [-0.39, 0.29) is 17.3 Å². The first-order valence-corrected chi connectivity index (χ1v) is 3.46. The Morgan fingerprint density at radius 2 is 2.08 bits per heavy atom. The van der Waals surface area contributed by atoms with Gasteiger partial charge in [0.15, 0.2) is 5.09 Å². The van der Waals surface area contributed by atoms with Gasteiger partial charge in [-0.1, -0.05) is 0 Å². The molecule has 0 bridgehead atoms. The first-order valence-electron chi connectivity index (χ1n) is 3.01. The predicted octanol–water partition coefficient (Wildman–Crippen LogP) is -0.695. The third-order valence-electron chi connectivity index (χ3n) is 1.03. The lowest BCUT2D eigenvalue weighted by Crippen LogP contribution is -2.28. The third kappa shape index (κ3) is 2.83. The van der Waals surface area contributed by atoms with E-state index in [9.17, 15) is 9.59 Å². The van der Waals surface area contributed by atoms with E-state index < -0.39 is 5.91 Å².